The topological polar surface area (TPSA) is 120 Å². The Morgan fingerprint density at radius 1 is 0.897 bits per heavy atom. The summed E-state index contributed by atoms with van der Waals surface area (Å²) >= 11 is 0. The number of benzene rings is 3. The number of nitrogens with zero attached hydrogens (tertiary/aromatic N) is 1. The predicted octanol–water partition coefficient (Wildman–Crippen LogP) is 4.14. The molecule has 198 valence electrons. The summed E-state index contributed by atoms with van der Waals surface area (Å²) in [4.78, 5) is 25.8. The largest absolute Gasteiger partial charge is 0.481 e. The van der Waals surface area contributed by atoms with Crippen molar-refractivity contribution in [2.24, 2.45) is 18.7 Å². The number of nitrogens with one attached hydrogen (secondary N) is 2. The van der Waals surface area contributed by atoms with Gasteiger partial charge in [0.1, 0.15) is 12.9 Å². The standard InChI is InChI=1S/C32H32N4O3/c1-36-18-6-11-27(21-36)24-13-15-25(16-14-24)31(37)35-29(17-12-22-7-3-2-4-8-22)28(32(38)39)20-23-9-5-10-26(19-23)30(33)34/h2-11,13-16,18-19,21,28-29H,12,17,20H2,1H3,(H4-,33,34,35,37,38,39)/p+1. The molecule has 7 nitrogen and oxygen atoms in total. The minimum atomic E-state index is -0.992. The number of carbonyl (C=O) groups is 2. The highest BCUT2D eigenvalue weighted by molar-refractivity contribution is 5.95. The molecule has 0 saturated carbocycles. The molecule has 1 amide bonds. The summed E-state index contributed by atoms with van der Waals surface area (Å²) in [5, 5.41) is 21.0. The molecule has 4 aromatic rings. The molecular weight excluding hydrogens is 488 g/mol. The van der Waals surface area contributed by atoms with E-state index in [2.05, 4.69) is 5.32 Å². The Kier molecular flexibility index (Phi) is 8.84. The van der Waals surface area contributed by atoms with Gasteiger partial charge in [-0.2, -0.15) is 0 Å². The lowest BCUT2D eigenvalue weighted by Crippen LogP contribution is -2.44. The SMILES string of the molecule is C[n+]1cccc(-c2ccc(C(=O)NC(CCc3ccccc3)C(Cc3cccc(C(=N)N)c3)C(=O)O)cc2)c1. The third-order valence-corrected chi connectivity index (χ3v) is 6.82. The Balaban J connectivity index is 1.56. The van der Waals surface area contributed by atoms with Gasteiger partial charge in [0.15, 0.2) is 12.4 Å². The van der Waals surface area contributed by atoms with Crippen molar-refractivity contribution < 1.29 is 19.3 Å². The minimum Gasteiger partial charge on any atom is -0.481 e. The monoisotopic (exact) mass is 521 g/mol. The molecule has 39 heavy (non-hydrogen) atoms. The van der Waals surface area contributed by atoms with E-state index in [1.54, 1.807) is 30.3 Å². The zero-order chi connectivity index (χ0) is 27.8. The number of amides is 1. The second-order valence-corrected chi connectivity index (χ2v) is 9.70. The number of pyridine rings is 1. The van der Waals surface area contributed by atoms with Gasteiger partial charge in [-0.05, 0) is 60.2 Å². The van der Waals surface area contributed by atoms with Crippen LogP contribution in [0.15, 0.2) is 103 Å². The molecule has 1 heterocycles. The molecule has 7 heteroatoms. The Hall–Kier alpha value is -4.78. The van der Waals surface area contributed by atoms with Crippen molar-refractivity contribution in [2.75, 3.05) is 0 Å². The summed E-state index contributed by atoms with van der Waals surface area (Å²) < 4.78 is 1.96. The number of aromatic nitrogens is 1. The van der Waals surface area contributed by atoms with Crippen LogP contribution in [0.1, 0.15) is 33.5 Å². The highest BCUT2D eigenvalue weighted by atomic mass is 16.4. The summed E-state index contributed by atoms with van der Waals surface area (Å²) in [5.41, 5.74) is 10.5. The second kappa shape index (κ2) is 12.6. The fourth-order valence-electron chi connectivity index (χ4n) is 4.69. The lowest BCUT2D eigenvalue weighted by Gasteiger charge is -2.26. The van der Waals surface area contributed by atoms with Crippen LogP contribution in [0, 0.1) is 11.3 Å². The first-order valence-electron chi connectivity index (χ1n) is 12.9. The van der Waals surface area contributed by atoms with E-state index in [9.17, 15) is 14.7 Å². The van der Waals surface area contributed by atoms with E-state index < -0.39 is 17.9 Å². The van der Waals surface area contributed by atoms with Crippen molar-refractivity contribution in [3.05, 3.63) is 126 Å². The molecule has 1 aromatic heterocycles. The Labute approximate surface area is 228 Å². The number of aryl methyl sites for hydroxylation is 2. The maximum absolute atomic E-state index is 13.3. The Bertz CT molecular complexity index is 1450. The van der Waals surface area contributed by atoms with Crippen molar-refractivity contribution in [1.82, 2.24) is 5.32 Å². The molecule has 2 atom stereocenters. The number of hydrogen-bond acceptors (Lipinski definition) is 3. The molecule has 0 radical (unpaired) electrons. The predicted molar refractivity (Wildman–Crippen MR) is 151 cm³/mol. The summed E-state index contributed by atoms with van der Waals surface area (Å²) in [6.45, 7) is 0. The Morgan fingerprint density at radius 3 is 2.28 bits per heavy atom. The van der Waals surface area contributed by atoms with Crippen LogP contribution < -0.4 is 15.6 Å². The number of aliphatic carboxylic acids is 1. The number of carboxylic acids is 1. The highest BCUT2D eigenvalue weighted by Gasteiger charge is 2.30. The van der Waals surface area contributed by atoms with E-state index in [4.69, 9.17) is 11.1 Å². The molecular formula is C32H33N4O3+. The Morgan fingerprint density at radius 2 is 1.62 bits per heavy atom. The van der Waals surface area contributed by atoms with Crippen LogP contribution in [0.3, 0.4) is 0 Å². The summed E-state index contributed by atoms with van der Waals surface area (Å²) in [6.07, 6.45) is 5.23. The van der Waals surface area contributed by atoms with Gasteiger partial charge in [0.05, 0.1) is 5.92 Å². The van der Waals surface area contributed by atoms with Crippen molar-refractivity contribution in [3.63, 3.8) is 0 Å². The third-order valence-electron chi connectivity index (χ3n) is 6.82. The highest BCUT2D eigenvalue weighted by Crippen LogP contribution is 2.21. The van der Waals surface area contributed by atoms with Crippen molar-refractivity contribution in [3.8, 4) is 11.1 Å². The van der Waals surface area contributed by atoms with Gasteiger partial charge in [-0.3, -0.25) is 15.0 Å². The van der Waals surface area contributed by atoms with Gasteiger partial charge in [0.2, 0.25) is 0 Å². The van der Waals surface area contributed by atoms with Gasteiger partial charge in [0, 0.05) is 28.8 Å². The molecule has 2 unspecified atom stereocenters. The van der Waals surface area contributed by atoms with Crippen LogP contribution in [0.25, 0.3) is 11.1 Å². The molecule has 5 N–H and O–H groups in total. The van der Waals surface area contributed by atoms with Gasteiger partial charge in [-0.25, -0.2) is 4.57 Å². The van der Waals surface area contributed by atoms with Crippen molar-refractivity contribution in [1.29, 1.82) is 5.41 Å². The molecule has 4 rings (SSSR count). The van der Waals surface area contributed by atoms with E-state index in [0.29, 0.717) is 24.0 Å². The van der Waals surface area contributed by atoms with Crippen LogP contribution in [-0.2, 0) is 24.7 Å². The summed E-state index contributed by atoms with van der Waals surface area (Å²) in [6, 6.07) is 27.5. The molecule has 0 aliphatic heterocycles. The van der Waals surface area contributed by atoms with Crippen molar-refractivity contribution in [2.45, 2.75) is 25.3 Å². The maximum atomic E-state index is 13.3. The first kappa shape index (κ1) is 27.3. The molecule has 0 fully saturated rings. The molecule has 0 bridgehead atoms. The van der Waals surface area contributed by atoms with Gasteiger partial charge >= 0.3 is 5.97 Å². The molecule has 0 saturated heterocycles. The van der Waals surface area contributed by atoms with Gasteiger partial charge < -0.3 is 16.2 Å². The third kappa shape index (κ3) is 7.38. The van der Waals surface area contributed by atoms with Crippen LogP contribution in [0.5, 0.6) is 0 Å². The first-order valence-corrected chi connectivity index (χ1v) is 12.9. The number of hydrogen-bond donors (Lipinski definition) is 4. The van der Waals surface area contributed by atoms with Gasteiger partial charge in [-0.15, -0.1) is 0 Å². The normalized spacial score (nSPS) is 12.3. The smallest absolute Gasteiger partial charge is 0.308 e. The zero-order valence-corrected chi connectivity index (χ0v) is 21.9. The number of nitrogen functional groups attached to an aromatic ring is 1. The van der Waals surface area contributed by atoms with Crippen LogP contribution in [-0.4, -0.2) is 28.9 Å². The number of carbonyl (C=O) groups excluding carboxylic acids is 1. The van der Waals surface area contributed by atoms with E-state index in [1.807, 2.05) is 84.7 Å². The summed E-state index contributed by atoms with van der Waals surface area (Å²) in [7, 11) is 1.95. The number of nitrogens with two attached hydrogens (primary N) is 1. The maximum Gasteiger partial charge on any atom is 0.308 e. The average Bonchev–Trinajstić information content (AvgIpc) is 2.94. The first-order chi connectivity index (χ1) is 18.8. The summed E-state index contributed by atoms with van der Waals surface area (Å²) in [5.74, 6) is -2.26. The molecule has 0 aliphatic carbocycles. The average molecular weight is 522 g/mol. The van der Waals surface area contributed by atoms with Crippen LogP contribution in [0.4, 0.5) is 0 Å². The number of carboxylic acid groups (broad SMARTS) is 1. The van der Waals surface area contributed by atoms with E-state index in [0.717, 1.165) is 22.3 Å². The van der Waals surface area contributed by atoms with Gasteiger partial charge in [-0.1, -0.05) is 60.7 Å². The fourth-order valence-corrected chi connectivity index (χ4v) is 4.69. The van der Waals surface area contributed by atoms with Crippen molar-refractivity contribution >= 4 is 17.7 Å². The number of rotatable bonds is 11. The molecule has 0 aliphatic rings. The van der Waals surface area contributed by atoms with E-state index in [1.165, 1.54) is 0 Å². The van der Waals surface area contributed by atoms with E-state index >= 15 is 0 Å². The molecule has 0 spiro atoms. The number of amidine groups is 1. The van der Waals surface area contributed by atoms with E-state index in [-0.39, 0.29) is 18.2 Å². The molecule has 3 aromatic carbocycles. The fraction of sp³-hybridized carbons (Fsp3) is 0.188. The van der Waals surface area contributed by atoms with Crippen LogP contribution >= 0.6 is 0 Å². The minimum absolute atomic E-state index is 0.0784. The van der Waals surface area contributed by atoms with Crippen LogP contribution in [0.2, 0.25) is 0 Å². The lowest BCUT2D eigenvalue weighted by molar-refractivity contribution is -0.671. The lowest BCUT2D eigenvalue weighted by atomic mass is 9.87. The quantitative estimate of drug-likeness (QED) is 0.135. The second-order valence-electron chi connectivity index (χ2n) is 9.70. The van der Waals surface area contributed by atoms with Gasteiger partial charge in [0.25, 0.3) is 5.91 Å². The zero-order valence-electron chi connectivity index (χ0n) is 21.9.